The van der Waals surface area contributed by atoms with Crippen LogP contribution in [-0.4, -0.2) is 40.4 Å². The minimum Gasteiger partial charge on any atom is -0.357 e. The first-order valence-electron chi connectivity index (χ1n) is 9.72. The summed E-state index contributed by atoms with van der Waals surface area (Å²) in [7, 11) is 0. The van der Waals surface area contributed by atoms with Crippen molar-refractivity contribution in [3.63, 3.8) is 0 Å². The average molecular weight is 335 g/mol. The molecule has 1 aromatic rings. The van der Waals surface area contributed by atoms with Crippen molar-refractivity contribution < 1.29 is 0 Å². The number of unbranched alkanes of at least 4 members (excludes halogenated alkanes) is 1. The lowest BCUT2D eigenvalue weighted by molar-refractivity contribution is 0.475. The van der Waals surface area contributed by atoms with Gasteiger partial charge in [-0.2, -0.15) is 0 Å². The molecule has 0 unspecified atom stereocenters. The van der Waals surface area contributed by atoms with Crippen LogP contribution in [0.15, 0.2) is 11.3 Å². The van der Waals surface area contributed by atoms with Crippen molar-refractivity contribution >= 4 is 5.96 Å². The second-order valence-electron chi connectivity index (χ2n) is 6.63. The van der Waals surface area contributed by atoms with Crippen LogP contribution < -0.4 is 10.6 Å². The third-order valence-electron chi connectivity index (χ3n) is 4.77. The average Bonchev–Trinajstić information content (AvgIpc) is 3.25. The molecule has 1 aromatic heterocycles. The molecule has 0 radical (unpaired) electrons. The van der Waals surface area contributed by atoms with Gasteiger partial charge in [0.2, 0.25) is 0 Å². The summed E-state index contributed by atoms with van der Waals surface area (Å²) in [6.45, 7) is 7.70. The van der Waals surface area contributed by atoms with E-state index in [1.807, 2.05) is 0 Å². The van der Waals surface area contributed by atoms with Crippen LogP contribution in [0.4, 0.5) is 0 Å². The van der Waals surface area contributed by atoms with Crippen molar-refractivity contribution in [2.75, 3.05) is 19.6 Å². The normalized spacial score (nSPS) is 15.8. The van der Waals surface area contributed by atoms with Gasteiger partial charge in [-0.25, -0.2) is 0 Å². The molecule has 0 amide bonds. The van der Waals surface area contributed by atoms with Gasteiger partial charge in [0.25, 0.3) is 0 Å². The summed E-state index contributed by atoms with van der Waals surface area (Å²) >= 11 is 0. The van der Waals surface area contributed by atoms with Gasteiger partial charge in [0.15, 0.2) is 5.96 Å². The van der Waals surface area contributed by atoms with Crippen molar-refractivity contribution in [1.82, 2.24) is 25.4 Å². The fourth-order valence-electron chi connectivity index (χ4n) is 3.41. The van der Waals surface area contributed by atoms with Crippen molar-refractivity contribution in [3.8, 4) is 0 Å². The number of rotatable bonds is 10. The molecule has 0 aromatic carbocycles. The summed E-state index contributed by atoms with van der Waals surface area (Å²) < 4.78 is 2.10. The van der Waals surface area contributed by atoms with E-state index in [0.29, 0.717) is 0 Å². The predicted molar refractivity (Wildman–Crippen MR) is 99.2 cm³/mol. The van der Waals surface area contributed by atoms with Crippen LogP contribution in [0.1, 0.15) is 64.6 Å². The van der Waals surface area contributed by atoms with Crippen molar-refractivity contribution in [3.05, 3.63) is 12.2 Å². The molecule has 0 atom stereocenters. The third-order valence-corrected chi connectivity index (χ3v) is 4.77. The smallest absolute Gasteiger partial charge is 0.191 e. The van der Waals surface area contributed by atoms with E-state index in [1.54, 1.807) is 6.33 Å². The van der Waals surface area contributed by atoms with Gasteiger partial charge in [0.05, 0.1) is 0 Å². The van der Waals surface area contributed by atoms with Crippen LogP contribution in [0.2, 0.25) is 0 Å². The maximum atomic E-state index is 4.69. The molecule has 2 rings (SSSR count). The first-order chi connectivity index (χ1) is 11.8. The van der Waals surface area contributed by atoms with Crippen molar-refractivity contribution in [2.45, 2.75) is 71.8 Å². The number of hydrogen-bond acceptors (Lipinski definition) is 3. The Labute approximate surface area is 146 Å². The van der Waals surface area contributed by atoms with E-state index in [-0.39, 0.29) is 0 Å². The summed E-state index contributed by atoms with van der Waals surface area (Å²) in [6, 6.07) is 0. The Balaban J connectivity index is 1.64. The lowest BCUT2D eigenvalue weighted by atomic mass is 10.0. The SMILES string of the molecule is CCNC(=NCCCCC1CCCC1)NCCn1cnnc1CC. The summed E-state index contributed by atoms with van der Waals surface area (Å²) in [4.78, 5) is 4.69. The van der Waals surface area contributed by atoms with Gasteiger partial charge in [0, 0.05) is 32.6 Å². The fraction of sp³-hybridized carbons (Fsp3) is 0.833. The molecule has 6 heteroatoms. The van der Waals surface area contributed by atoms with E-state index >= 15 is 0 Å². The number of aromatic nitrogens is 3. The second-order valence-corrected chi connectivity index (χ2v) is 6.63. The number of aryl methyl sites for hydroxylation is 1. The molecule has 2 N–H and O–H groups in total. The molecule has 1 aliphatic carbocycles. The Bertz CT molecular complexity index is 476. The zero-order chi connectivity index (χ0) is 17.0. The lowest BCUT2D eigenvalue weighted by Gasteiger charge is -2.12. The van der Waals surface area contributed by atoms with E-state index in [2.05, 4.69) is 39.2 Å². The highest BCUT2D eigenvalue weighted by molar-refractivity contribution is 5.79. The number of guanidine groups is 1. The molecule has 1 fully saturated rings. The standard InChI is InChI=1S/C18H34N6/c1-3-17-23-22-15-24(17)14-13-21-18(19-4-2)20-12-8-7-11-16-9-5-6-10-16/h15-16H,3-14H2,1-2H3,(H2,19,20,21). The maximum absolute atomic E-state index is 4.69. The molecule has 0 aliphatic heterocycles. The topological polar surface area (TPSA) is 67.1 Å². The Morgan fingerprint density at radius 1 is 1.25 bits per heavy atom. The minimum absolute atomic E-state index is 0.832. The minimum atomic E-state index is 0.832. The molecule has 1 heterocycles. The zero-order valence-corrected chi connectivity index (χ0v) is 15.4. The lowest BCUT2D eigenvalue weighted by Crippen LogP contribution is -2.39. The zero-order valence-electron chi connectivity index (χ0n) is 15.4. The molecule has 0 spiro atoms. The molecular formula is C18H34N6. The van der Waals surface area contributed by atoms with Crippen LogP contribution >= 0.6 is 0 Å². The highest BCUT2D eigenvalue weighted by Gasteiger charge is 2.13. The van der Waals surface area contributed by atoms with E-state index in [1.165, 1.54) is 44.9 Å². The summed E-state index contributed by atoms with van der Waals surface area (Å²) in [5.41, 5.74) is 0. The monoisotopic (exact) mass is 334 g/mol. The number of nitrogens with zero attached hydrogens (tertiary/aromatic N) is 4. The van der Waals surface area contributed by atoms with Gasteiger partial charge >= 0.3 is 0 Å². The molecule has 1 aliphatic rings. The molecule has 24 heavy (non-hydrogen) atoms. The Hall–Kier alpha value is -1.59. The van der Waals surface area contributed by atoms with Crippen LogP contribution in [0.25, 0.3) is 0 Å². The van der Waals surface area contributed by atoms with Crippen molar-refractivity contribution in [2.24, 2.45) is 10.9 Å². The number of aliphatic imine (C=N–C) groups is 1. The van der Waals surface area contributed by atoms with Gasteiger partial charge in [-0.1, -0.05) is 45.4 Å². The summed E-state index contributed by atoms with van der Waals surface area (Å²) in [6.07, 6.45) is 12.4. The Kier molecular flexibility index (Phi) is 8.63. The van der Waals surface area contributed by atoms with Gasteiger partial charge in [-0.05, 0) is 19.3 Å². The highest BCUT2D eigenvalue weighted by atomic mass is 15.3. The van der Waals surface area contributed by atoms with E-state index in [0.717, 1.165) is 50.3 Å². The summed E-state index contributed by atoms with van der Waals surface area (Å²) in [5.74, 6) is 2.95. The largest absolute Gasteiger partial charge is 0.357 e. The van der Waals surface area contributed by atoms with Crippen LogP contribution in [0.5, 0.6) is 0 Å². The highest BCUT2D eigenvalue weighted by Crippen LogP contribution is 2.28. The quantitative estimate of drug-likeness (QED) is 0.392. The Morgan fingerprint density at radius 2 is 2.08 bits per heavy atom. The van der Waals surface area contributed by atoms with E-state index in [9.17, 15) is 0 Å². The number of hydrogen-bond donors (Lipinski definition) is 2. The third kappa shape index (κ3) is 6.49. The molecule has 6 nitrogen and oxygen atoms in total. The molecule has 0 bridgehead atoms. The number of nitrogens with one attached hydrogen (secondary N) is 2. The first kappa shape index (κ1) is 18.7. The summed E-state index contributed by atoms with van der Waals surface area (Å²) in [5, 5.41) is 14.8. The van der Waals surface area contributed by atoms with Crippen LogP contribution in [0, 0.1) is 5.92 Å². The van der Waals surface area contributed by atoms with E-state index in [4.69, 9.17) is 4.99 Å². The van der Waals surface area contributed by atoms with Gasteiger partial charge < -0.3 is 15.2 Å². The molecular weight excluding hydrogens is 300 g/mol. The van der Waals surface area contributed by atoms with Crippen LogP contribution in [-0.2, 0) is 13.0 Å². The molecule has 1 saturated carbocycles. The van der Waals surface area contributed by atoms with Gasteiger partial charge in [0.1, 0.15) is 12.2 Å². The molecule has 0 saturated heterocycles. The van der Waals surface area contributed by atoms with E-state index < -0.39 is 0 Å². The first-order valence-corrected chi connectivity index (χ1v) is 9.72. The molecule has 136 valence electrons. The van der Waals surface area contributed by atoms with Crippen LogP contribution in [0.3, 0.4) is 0 Å². The predicted octanol–water partition coefficient (Wildman–Crippen LogP) is 2.76. The van der Waals surface area contributed by atoms with Gasteiger partial charge in [-0.15, -0.1) is 10.2 Å². The van der Waals surface area contributed by atoms with Crippen molar-refractivity contribution in [1.29, 1.82) is 0 Å². The Morgan fingerprint density at radius 3 is 2.83 bits per heavy atom. The maximum Gasteiger partial charge on any atom is 0.191 e. The fourth-order valence-corrected chi connectivity index (χ4v) is 3.41. The second kappa shape index (κ2) is 11.0. The van der Waals surface area contributed by atoms with Gasteiger partial charge in [-0.3, -0.25) is 4.99 Å².